The highest BCUT2D eigenvalue weighted by Gasteiger charge is 2.30. The zero-order valence-corrected chi connectivity index (χ0v) is 19.4. The lowest BCUT2D eigenvalue weighted by atomic mass is 9.99. The summed E-state index contributed by atoms with van der Waals surface area (Å²) in [5.41, 5.74) is 6.37. The van der Waals surface area contributed by atoms with Crippen molar-refractivity contribution in [2.24, 2.45) is 0 Å². The van der Waals surface area contributed by atoms with Gasteiger partial charge in [-0.3, -0.25) is 9.59 Å². The van der Waals surface area contributed by atoms with Crippen molar-refractivity contribution in [3.8, 4) is 0 Å². The summed E-state index contributed by atoms with van der Waals surface area (Å²) < 4.78 is 0. The number of aryl methyl sites for hydroxylation is 3. The molecule has 0 aliphatic heterocycles. The second-order valence-electron chi connectivity index (χ2n) is 8.44. The van der Waals surface area contributed by atoms with Crippen molar-refractivity contribution < 1.29 is 9.59 Å². The fourth-order valence-electron chi connectivity index (χ4n) is 3.98. The van der Waals surface area contributed by atoms with Gasteiger partial charge in [0.2, 0.25) is 11.8 Å². The molecule has 0 heterocycles. The maximum absolute atomic E-state index is 13.7. The number of hydrogen-bond donors (Lipinski definition) is 1. The van der Waals surface area contributed by atoms with Crippen LogP contribution in [0.15, 0.2) is 72.8 Å². The standard InChI is InChI=1S/C28H32N2O2/c1-20-9-8-12-24(15-20)19-30(27(31)18-25-16-21(2)13-14-22(25)3)26(28(32)29-4)17-23-10-6-5-7-11-23/h5-16,26H,17-19H2,1-4H3,(H,29,32). The summed E-state index contributed by atoms with van der Waals surface area (Å²) in [7, 11) is 1.63. The maximum atomic E-state index is 13.7. The smallest absolute Gasteiger partial charge is 0.242 e. The average Bonchev–Trinajstić information content (AvgIpc) is 2.78. The molecule has 0 bridgehead atoms. The van der Waals surface area contributed by atoms with E-state index in [2.05, 4.69) is 23.5 Å². The van der Waals surface area contributed by atoms with Crippen LogP contribution < -0.4 is 5.32 Å². The zero-order chi connectivity index (χ0) is 23.1. The third-order valence-electron chi connectivity index (χ3n) is 5.80. The molecule has 0 spiro atoms. The lowest BCUT2D eigenvalue weighted by Gasteiger charge is -2.31. The van der Waals surface area contributed by atoms with Crippen LogP contribution in [-0.2, 0) is 29.0 Å². The van der Waals surface area contributed by atoms with E-state index >= 15 is 0 Å². The number of hydrogen-bond acceptors (Lipinski definition) is 2. The van der Waals surface area contributed by atoms with E-state index in [-0.39, 0.29) is 18.2 Å². The Labute approximate surface area is 191 Å². The van der Waals surface area contributed by atoms with Gasteiger partial charge in [-0.05, 0) is 43.0 Å². The summed E-state index contributed by atoms with van der Waals surface area (Å²) in [4.78, 5) is 28.4. The SMILES string of the molecule is CNC(=O)C(Cc1ccccc1)N(Cc1cccc(C)c1)C(=O)Cc1cc(C)ccc1C. The Kier molecular flexibility index (Phi) is 7.82. The van der Waals surface area contributed by atoms with Crippen LogP contribution in [0.4, 0.5) is 0 Å². The molecule has 0 radical (unpaired) electrons. The Hall–Kier alpha value is -3.40. The van der Waals surface area contributed by atoms with Crippen LogP contribution in [0.5, 0.6) is 0 Å². The highest BCUT2D eigenvalue weighted by Crippen LogP contribution is 2.19. The van der Waals surface area contributed by atoms with Gasteiger partial charge >= 0.3 is 0 Å². The van der Waals surface area contributed by atoms with Crippen LogP contribution >= 0.6 is 0 Å². The van der Waals surface area contributed by atoms with Crippen molar-refractivity contribution in [2.75, 3.05) is 7.05 Å². The first kappa shape index (κ1) is 23.3. The summed E-state index contributed by atoms with van der Waals surface area (Å²) in [5, 5.41) is 2.77. The first-order chi connectivity index (χ1) is 15.4. The first-order valence-electron chi connectivity index (χ1n) is 11.0. The molecule has 0 saturated heterocycles. The highest BCUT2D eigenvalue weighted by molar-refractivity contribution is 5.88. The van der Waals surface area contributed by atoms with Crippen LogP contribution in [0.25, 0.3) is 0 Å². The van der Waals surface area contributed by atoms with Crippen molar-refractivity contribution in [1.82, 2.24) is 10.2 Å². The largest absolute Gasteiger partial charge is 0.357 e. The van der Waals surface area contributed by atoms with Crippen LogP contribution in [0.1, 0.15) is 33.4 Å². The van der Waals surface area contributed by atoms with Crippen LogP contribution in [-0.4, -0.2) is 29.8 Å². The summed E-state index contributed by atoms with van der Waals surface area (Å²) in [5.74, 6) is -0.208. The molecular weight excluding hydrogens is 396 g/mol. The van der Waals surface area contributed by atoms with Gasteiger partial charge in [-0.2, -0.15) is 0 Å². The fraction of sp³-hybridized carbons (Fsp3) is 0.286. The van der Waals surface area contributed by atoms with E-state index in [4.69, 9.17) is 0 Å². The van der Waals surface area contributed by atoms with E-state index in [1.165, 1.54) is 0 Å². The monoisotopic (exact) mass is 428 g/mol. The predicted molar refractivity (Wildman–Crippen MR) is 129 cm³/mol. The van der Waals surface area contributed by atoms with Crippen LogP contribution in [0.2, 0.25) is 0 Å². The van der Waals surface area contributed by atoms with Crippen molar-refractivity contribution in [3.63, 3.8) is 0 Å². The minimum Gasteiger partial charge on any atom is -0.357 e. The Morgan fingerprint density at radius 2 is 1.53 bits per heavy atom. The molecule has 1 atom stereocenters. The second-order valence-corrected chi connectivity index (χ2v) is 8.44. The van der Waals surface area contributed by atoms with E-state index in [0.29, 0.717) is 13.0 Å². The van der Waals surface area contributed by atoms with Gasteiger partial charge in [0, 0.05) is 20.0 Å². The number of rotatable bonds is 8. The van der Waals surface area contributed by atoms with Crippen molar-refractivity contribution in [3.05, 3.63) is 106 Å². The minimum absolute atomic E-state index is 0.0512. The quantitative estimate of drug-likeness (QED) is 0.573. The maximum Gasteiger partial charge on any atom is 0.242 e. The molecular formula is C28H32N2O2. The molecule has 4 nitrogen and oxygen atoms in total. The van der Waals surface area contributed by atoms with Crippen molar-refractivity contribution in [1.29, 1.82) is 0 Å². The van der Waals surface area contributed by atoms with Crippen LogP contribution in [0.3, 0.4) is 0 Å². The van der Waals surface area contributed by atoms with Gasteiger partial charge in [-0.1, -0.05) is 83.9 Å². The van der Waals surface area contributed by atoms with Gasteiger partial charge in [0.1, 0.15) is 6.04 Å². The number of amides is 2. The van der Waals surface area contributed by atoms with Gasteiger partial charge in [0.15, 0.2) is 0 Å². The van der Waals surface area contributed by atoms with Gasteiger partial charge in [-0.15, -0.1) is 0 Å². The molecule has 1 N–H and O–H groups in total. The van der Waals surface area contributed by atoms with Gasteiger partial charge in [0.25, 0.3) is 0 Å². The molecule has 166 valence electrons. The van der Waals surface area contributed by atoms with E-state index in [1.807, 2.05) is 75.4 Å². The fourth-order valence-corrected chi connectivity index (χ4v) is 3.98. The normalized spacial score (nSPS) is 11.6. The van der Waals surface area contributed by atoms with Crippen LogP contribution in [0, 0.1) is 20.8 Å². The zero-order valence-electron chi connectivity index (χ0n) is 19.4. The molecule has 0 saturated carbocycles. The summed E-state index contributed by atoms with van der Waals surface area (Å²) >= 11 is 0. The third-order valence-corrected chi connectivity index (χ3v) is 5.80. The second kappa shape index (κ2) is 10.8. The summed E-state index contributed by atoms with van der Waals surface area (Å²) in [6.07, 6.45) is 0.729. The molecule has 1 unspecified atom stereocenters. The molecule has 3 aromatic carbocycles. The molecule has 4 heteroatoms. The highest BCUT2D eigenvalue weighted by atomic mass is 16.2. The molecule has 2 amide bonds. The van der Waals surface area contributed by atoms with E-state index in [9.17, 15) is 9.59 Å². The molecule has 0 aliphatic carbocycles. The molecule has 3 rings (SSSR count). The van der Waals surface area contributed by atoms with Gasteiger partial charge in [-0.25, -0.2) is 0 Å². The Morgan fingerprint density at radius 3 is 2.22 bits per heavy atom. The lowest BCUT2D eigenvalue weighted by Crippen LogP contribution is -2.50. The van der Waals surface area contributed by atoms with E-state index in [1.54, 1.807) is 11.9 Å². The molecule has 3 aromatic rings. The molecule has 32 heavy (non-hydrogen) atoms. The lowest BCUT2D eigenvalue weighted by molar-refractivity contribution is -0.140. The molecule has 0 fully saturated rings. The number of carbonyl (C=O) groups excluding carboxylic acids is 2. The predicted octanol–water partition coefficient (Wildman–Crippen LogP) is 4.54. The topological polar surface area (TPSA) is 49.4 Å². The van der Waals surface area contributed by atoms with Crippen molar-refractivity contribution >= 4 is 11.8 Å². The summed E-state index contributed by atoms with van der Waals surface area (Å²) in [6.45, 7) is 6.47. The molecule has 0 aliphatic rings. The Bertz CT molecular complexity index is 1080. The third kappa shape index (κ3) is 6.07. The van der Waals surface area contributed by atoms with Crippen molar-refractivity contribution in [2.45, 2.75) is 46.2 Å². The Balaban J connectivity index is 1.97. The van der Waals surface area contributed by atoms with Gasteiger partial charge in [0.05, 0.1) is 6.42 Å². The minimum atomic E-state index is -0.597. The van der Waals surface area contributed by atoms with Gasteiger partial charge < -0.3 is 10.2 Å². The average molecular weight is 429 g/mol. The van der Waals surface area contributed by atoms with E-state index in [0.717, 1.165) is 33.4 Å². The molecule has 0 aromatic heterocycles. The number of carbonyl (C=O) groups is 2. The first-order valence-corrected chi connectivity index (χ1v) is 11.0. The number of benzene rings is 3. The Morgan fingerprint density at radius 1 is 0.844 bits per heavy atom. The summed E-state index contributed by atoms with van der Waals surface area (Å²) in [6, 6.07) is 23.5. The number of nitrogens with one attached hydrogen (secondary N) is 1. The van der Waals surface area contributed by atoms with E-state index < -0.39 is 6.04 Å². The number of likely N-dealkylation sites (N-methyl/N-ethyl adjacent to an activating group) is 1. The number of nitrogens with zero attached hydrogens (tertiary/aromatic N) is 1.